The van der Waals surface area contributed by atoms with Crippen molar-refractivity contribution in [2.75, 3.05) is 13.1 Å². The van der Waals surface area contributed by atoms with Gasteiger partial charge in [0.15, 0.2) is 0 Å². The van der Waals surface area contributed by atoms with Crippen LogP contribution in [0, 0.1) is 13.8 Å². The van der Waals surface area contributed by atoms with Gasteiger partial charge in [0, 0.05) is 30.5 Å². The molecule has 1 fully saturated rings. The standard InChI is InChI=1S/C21H22N6O/c1-14-9-15(2)27(24-14)18-12-26(13-18)21(28)19-10-17(22-23-19)11-25-8-7-16-5-3-4-6-20(16)25/h3-10,18H,11-13H2,1-2H3,(H,22,23). The summed E-state index contributed by atoms with van der Waals surface area (Å²) in [6.07, 6.45) is 2.06. The summed E-state index contributed by atoms with van der Waals surface area (Å²) in [4.78, 5) is 14.6. The molecular weight excluding hydrogens is 352 g/mol. The minimum atomic E-state index is -0.0300. The highest BCUT2D eigenvalue weighted by atomic mass is 16.2. The fourth-order valence-electron chi connectivity index (χ4n) is 3.97. The molecule has 0 bridgehead atoms. The van der Waals surface area contributed by atoms with E-state index in [0.717, 1.165) is 17.1 Å². The Morgan fingerprint density at radius 1 is 1.18 bits per heavy atom. The lowest BCUT2D eigenvalue weighted by atomic mass is 10.1. The Balaban J connectivity index is 1.26. The van der Waals surface area contributed by atoms with E-state index in [4.69, 9.17) is 0 Å². The predicted octanol–water partition coefficient (Wildman–Crippen LogP) is 2.92. The number of para-hydroxylation sites is 1. The van der Waals surface area contributed by atoms with Crippen LogP contribution in [-0.2, 0) is 6.54 Å². The number of aromatic nitrogens is 5. The van der Waals surface area contributed by atoms with Crippen LogP contribution < -0.4 is 0 Å². The maximum Gasteiger partial charge on any atom is 0.274 e. The van der Waals surface area contributed by atoms with Gasteiger partial charge in [-0.2, -0.15) is 10.2 Å². The first kappa shape index (κ1) is 16.8. The summed E-state index contributed by atoms with van der Waals surface area (Å²) < 4.78 is 4.17. The van der Waals surface area contributed by atoms with Crippen LogP contribution in [0.4, 0.5) is 0 Å². The van der Waals surface area contributed by atoms with Crippen molar-refractivity contribution in [3.05, 3.63) is 71.4 Å². The summed E-state index contributed by atoms with van der Waals surface area (Å²) in [5.74, 6) is -0.0300. The maximum absolute atomic E-state index is 12.7. The second-order valence-electron chi connectivity index (χ2n) is 7.52. The number of carbonyl (C=O) groups excluding carboxylic acids is 1. The van der Waals surface area contributed by atoms with E-state index in [0.29, 0.717) is 25.3 Å². The number of benzene rings is 1. The monoisotopic (exact) mass is 374 g/mol. The highest BCUT2D eigenvalue weighted by molar-refractivity contribution is 5.93. The van der Waals surface area contributed by atoms with Crippen molar-refractivity contribution in [2.24, 2.45) is 0 Å². The van der Waals surface area contributed by atoms with Crippen LogP contribution in [-0.4, -0.2) is 48.4 Å². The van der Waals surface area contributed by atoms with Gasteiger partial charge in [0.1, 0.15) is 5.69 Å². The molecule has 142 valence electrons. The predicted molar refractivity (Wildman–Crippen MR) is 106 cm³/mol. The quantitative estimate of drug-likeness (QED) is 0.597. The van der Waals surface area contributed by atoms with Gasteiger partial charge in [-0.1, -0.05) is 18.2 Å². The molecule has 4 heterocycles. The summed E-state index contributed by atoms with van der Waals surface area (Å²) >= 11 is 0. The zero-order valence-corrected chi connectivity index (χ0v) is 16.0. The molecule has 0 spiro atoms. The van der Waals surface area contributed by atoms with E-state index in [1.54, 1.807) is 0 Å². The molecule has 0 radical (unpaired) electrons. The van der Waals surface area contributed by atoms with E-state index in [9.17, 15) is 4.79 Å². The lowest BCUT2D eigenvalue weighted by Gasteiger charge is -2.39. The molecular formula is C21H22N6O. The molecule has 1 aliphatic rings. The van der Waals surface area contributed by atoms with Crippen LogP contribution in [0.3, 0.4) is 0 Å². The Kier molecular flexibility index (Phi) is 3.82. The van der Waals surface area contributed by atoms with E-state index < -0.39 is 0 Å². The second kappa shape index (κ2) is 6.37. The number of rotatable bonds is 4. The Labute approximate surface area is 162 Å². The number of aromatic amines is 1. The number of fused-ring (bicyclic) bond motifs is 1. The Morgan fingerprint density at radius 3 is 2.79 bits per heavy atom. The number of nitrogens with one attached hydrogen (secondary N) is 1. The number of nitrogens with zero attached hydrogens (tertiary/aromatic N) is 5. The van der Waals surface area contributed by atoms with Crippen molar-refractivity contribution < 1.29 is 4.79 Å². The topological polar surface area (TPSA) is 71.7 Å². The molecule has 1 saturated heterocycles. The van der Waals surface area contributed by atoms with Gasteiger partial charge in [-0.05, 0) is 43.5 Å². The van der Waals surface area contributed by atoms with Crippen molar-refractivity contribution in [1.29, 1.82) is 0 Å². The fraction of sp³-hybridized carbons (Fsp3) is 0.286. The number of likely N-dealkylation sites (tertiary alicyclic amines) is 1. The van der Waals surface area contributed by atoms with Gasteiger partial charge in [0.2, 0.25) is 0 Å². The molecule has 4 aromatic rings. The lowest BCUT2D eigenvalue weighted by molar-refractivity contribution is 0.0491. The van der Waals surface area contributed by atoms with Crippen LogP contribution in [0.5, 0.6) is 0 Å². The minimum absolute atomic E-state index is 0.0300. The molecule has 0 unspecified atom stereocenters. The van der Waals surface area contributed by atoms with Crippen molar-refractivity contribution in [2.45, 2.75) is 26.4 Å². The third-order valence-corrected chi connectivity index (χ3v) is 5.41. The number of amides is 1. The largest absolute Gasteiger partial charge is 0.341 e. The van der Waals surface area contributed by atoms with Crippen molar-refractivity contribution >= 4 is 16.8 Å². The maximum atomic E-state index is 12.7. The van der Waals surface area contributed by atoms with E-state index in [2.05, 4.69) is 57.2 Å². The van der Waals surface area contributed by atoms with Crippen LogP contribution in [0.25, 0.3) is 10.9 Å². The molecule has 1 aromatic carbocycles. The number of carbonyl (C=O) groups is 1. The summed E-state index contributed by atoms with van der Waals surface area (Å²) in [6.45, 7) is 6.04. The Hall–Kier alpha value is -3.35. The zero-order chi connectivity index (χ0) is 19.3. The van der Waals surface area contributed by atoms with Gasteiger partial charge in [-0.3, -0.25) is 14.6 Å². The molecule has 3 aromatic heterocycles. The summed E-state index contributed by atoms with van der Waals surface area (Å²) in [5.41, 5.74) is 4.70. The summed E-state index contributed by atoms with van der Waals surface area (Å²) in [7, 11) is 0. The SMILES string of the molecule is Cc1cc(C)n(C2CN(C(=O)c3cc(Cn4ccc5ccccc54)[nH]n3)C2)n1. The van der Waals surface area contributed by atoms with E-state index in [-0.39, 0.29) is 11.9 Å². The van der Waals surface area contributed by atoms with Crippen LogP contribution in [0.1, 0.15) is 33.6 Å². The molecule has 7 heteroatoms. The second-order valence-corrected chi connectivity index (χ2v) is 7.52. The normalized spacial score (nSPS) is 14.6. The Morgan fingerprint density at radius 2 is 2.00 bits per heavy atom. The number of aryl methyl sites for hydroxylation is 2. The molecule has 1 amide bonds. The number of H-pyrrole nitrogens is 1. The van der Waals surface area contributed by atoms with Gasteiger partial charge in [-0.25, -0.2) is 0 Å². The van der Waals surface area contributed by atoms with Crippen LogP contribution in [0.2, 0.25) is 0 Å². The third-order valence-electron chi connectivity index (χ3n) is 5.41. The average molecular weight is 374 g/mol. The number of hydrogen-bond acceptors (Lipinski definition) is 3. The average Bonchev–Trinajstić information content (AvgIpc) is 3.34. The van der Waals surface area contributed by atoms with E-state index >= 15 is 0 Å². The van der Waals surface area contributed by atoms with Crippen LogP contribution >= 0.6 is 0 Å². The van der Waals surface area contributed by atoms with Crippen molar-refractivity contribution in [3.8, 4) is 0 Å². The molecule has 0 aliphatic carbocycles. The van der Waals surface area contributed by atoms with E-state index in [1.165, 1.54) is 10.9 Å². The molecule has 1 aliphatic heterocycles. The first-order valence-electron chi connectivity index (χ1n) is 9.48. The van der Waals surface area contributed by atoms with Crippen LogP contribution in [0.15, 0.2) is 48.7 Å². The smallest absolute Gasteiger partial charge is 0.274 e. The molecule has 28 heavy (non-hydrogen) atoms. The zero-order valence-electron chi connectivity index (χ0n) is 16.0. The third kappa shape index (κ3) is 2.79. The lowest BCUT2D eigenvalue weighted by Crippen LogP contribution is -2.51. The molecule has 5 rings (SSSR count). The van der Waals surface area contributed by atoms with Gasteiger partial charge < -0.3 is 9.47 Å². The fourth-order valence-corrected chi connectivity index (χ4v) is 3.97. The molecule has 7 nitrogen and oxygen atoms in total. The molecule has 1 N–H and O–H groups in total. The number of hydrogen-bond donors (Lipinski definition) is 1. The summed E-state index contributed by atoms with van der Waals surface area (Å²) in [6, 6.07) is 14.5. The van der Waals surface area contributed by atoms with Crippen molar-refractivity contribution in [3.63, 3.8) is 0 Å². The summed E-state index contributed by atoms with van der Waals surface area (Å²) in [5, 5.41) is 13.0. The van der Waals surface area contributed by atoms with E-state index in [1.807, 2.05) is 34.7 Å². The van der Waals surface area contributed by atoms with Gasteiger partial charge >= 0.3 is 0 Å². The molecule has 0 saturated carbocycles. The van der Waals surface area contributed by atoms with Gasteiger partial charge in [0.25, 0.3) is 5.91 Å². The van der Waals surface area contributed by atoms with Gasteiger partial charge in [0.05, 0.1) is 24.0 Å². The van der Waals surface area contributed by atoms with Crippen molar-refractivity contribution in [1.82, 2.24) is 29.4 Å². The highest BCUT2D eigenvalue weighted by Gasteiger charge is 2.34. The highest BCUT2D eigenvalue weighted by Crippen LogP contribution is 2.24. The molecule has 0 atom stereocenters. The first-order valence-corrected chi connectivity index (χ1v) is 9.48. The van der Waals surface area contributed by atoms with Gasteiger partial charge in [-0.15, -0.1) is 0 Å². The first-order chi connectivity index (χ1) is 13.6. The minimum Gasteiger partial charge on any atom is -0.341 e. The Bertz CT molecular complexity index is 1160.